The lowest BCUT2D eigenvalue weighted by Gasteiger charge is -2.30. The maximum absolute atomic E-state index is 13.2. The molecule has 2 saturated carbocycles. The van der Waals surface area contributed by atoms with Crippen molar-refractivity contribution >= 4 is 34.7 Å². The standard InChI is InChI=1S/C27H35N9O2/c1-16-13-20(10-12-28-16)34-27(38)23-15-30-25-22(31-17-4-5-17)14-24(35-36(23)25)32-18-6-8-19(9-7-18)33-26(37)21-3-2-11-29-21/h10,12-15,17-19,21,29,31H,2-9,11H2,1H3,(H,32,35)(H,33,37)(H,28,34,38)/t18?,19?,21-/m0/s1. The van der Waals surface area contributed by atoms with E-state index in [-0.39, 0.29) is 29.9 Å². The van der Waals surface area contributed by atoms with Crippen LogP contribution in [0.2, 0.25) is 0 Å². The summed E-state index contributed by atoms with van der Waals surface area (Å²) >= 11 is 0. The number of anilines is 3. The Morgan fingerprint density at radius 2 is 1.74 bits per heavy atom. The van der Waals surface area contributed by atoms with Crippen molar-refractivity contribution in [2.75, 3.05) is 22.5 Å². The van der Waals surface area contributed by atoms with Gasteiger partial charge in [0.2, 0.25) is 5.91 Å². The highest BCUT2D eigenvalue weighted by molar-refractivity contribution is 6.03. The van der Waals surface area contributed by atoms with E-state index in [1.807, 2.05) is 19.1 Å². The van der Waals surface area contributed by atoms with Crippen LogP contribution in [0.25, 0.3) is 5.65 Å². The molecule has 2 aliphatic carbocycles. The average Bonchev–Trinajstić information content (AvgIpc) is 3.36. The number of nitrogens with zero attached hydrogens (tertiary/aromatic N) is 4. The van der Waals surface area contributed by atoms with Crippen molar-refractivity contribution < 1.29 is 9.59 Å². The summed E-state index contributed by atoms with van der Waals surface area (Å²) in [5, 5.41) is 21.3. The Balaban J connectivity index is 1.16. The van der Waals surface area contributed by atoms with Crippen LogP contribution in [0.1, 0.15) is 67.5 Å². The number of hydrogen-bond donors (Lipinski definition) is 5. The Bertz CT molecular complexity index is 1320. The van der Waals surface area contributed by atoms with Gasteiger partial charge in [-0.1, -0.05) is 0 Å². The van der Waals surface area contributed by atoms with Crippen molar-refractivity contribution in [3.8, 4) is 0 Å². The number of hydrogen-bond acceptors (Lipinski definition) is 8. The highest BCUT2D eigenvalue weighted by atomic mass is 16.2. The van der Waals surface area contributed by atoms with Crippen LogP contribution in [0.4, 0.5) is 17.2 Å². The molecule has 3 fully saturated rings. The molecule has 4 heterocycles. The molecule has 3 aromatic rings. The molecule has 0 radical (unpaired) electrons. The molecule has 1 aliphatic heterocycles. The fourth-order valence-corrected chi connectivity index (χ4v) is 5.37. The van der Waals surface area contributed by atoms with E-state index in [1.165, 1.54) is 0 Å². The van der Waals surface area contributed by atoms with E-state index in [0.29, 0.717) is 28.9 Å². The van der Waals surface area contributed by atoms with Crippen LogP contribution in [-0.2, 0) is 4.79 Å². The number of imidazole rings is 1. The Labute approximate surface area is 221 Å². The molecular weight excluding hydrogens is 482 g/mol. The first-order valence-corrected chi connectivity index (χ1v) is 13.7. The number of amides is 2. The molecule has 3 aliphatic rings. The van der Waals surface area contributed by atoms with Crippen molar-refractivity contribution in [2.45, 2.75) is 82.5 Å². The highest BCUT2D eigenvalue weighted by Gasteiger charge is 2.28. The fourth-order valence-electron chi connectivity index (χ4n) is 5.37. The van der Waals surface area contributed by atoms with Crippen molar-refractivity contribution in [1.82, 2.24) is 30.2 Å². The number of rotatable bonds is 8. The summed E-state index contributed by atoms with van der Waals surface area (Å²) < 4.78 is 1.62. The topological polar surface area (TPSA) is 137 Å². The van der Waals surface area contributed by atoms with E-state index in [1.54, 1.807) is 23.0 Å². The van der Waals surface area contributed by atoms with Crippen LogP contribution >= 0.6 is 0 Å². The molecule has 3 aromatic heterocycles. The minimum atomic E-state index is -0.280. The molecule has 0 spiro atoms. The van der Waals surface area contributed by atoms with E-state index >= 15 is 0 Å². The van der Waals surface area contributed by atoms with E-state index in [9.17, 15) is 9.59 Å². The summed E-state index contributed by atoms with van der Waals surface area (Å²) in [6.07, 6.45) is 11.2. The molecule has 200 valence electrons. The van der Waals surface area contributed by atoms with Crippen LogP contribution in [0.5, 0.6) is 0 Å². The molecule has 0 bridgehead atoms. The van der Waals surface area contributed by atoms with Gasteiger partial charge in [0.05, 0.1) is 17.9 Å². The molecule has 11 heteroatoms. The first-order valence-electron chi connectivity index (χ1n) is 13.7. The Morgan fingerprint density at radius 3 is 2.47 bits per heavy atom. The third-order valence-corrected chi connectivity index (χ3v) is 7.59. The van der Waals surface area contributed by atoms with Gasteiger partial charge in [-0.25, -0.2) is 9.50 Å². The fraction of sp³-hybridized carbons (Fsp3) is 0.519. The number of fused-ring (bicyclic) bond motifs is 1. The molecular formula is C27H35N9O2. The van der Waals surface area contributed by atoms with E-state index in [4.69, 9.17) is 5.10 Å². The van der Waals surface area contributed by atoms with Gasteiger partial charge in [-0.2, -0.15) is 0 Å². The molecule has 38 heavy (non-hydrogen) atoms. The van der Waals surface area contributed by atoms with E-state index in [2.05, 4.69) is 36.6 Å². The third kappa shape index (κ3) is 5.57. The maximum atomic E-state index is 13.2. The van der Waals surface area contributed by atoms with E-state index < -0.39 is 0 Å². The minimum absolute atomic E-state index is 0.0386. The third-order valence-electron chi connectivity index (χ3n) is 7.59. The van der Waals surface area contributed by atoms with E-state index in [0.717, 1.165) is 69.3 Å². The second-order valence-electron chi connectivity index (χ2n) is 10.7. The summed E-state index contributed by atoms with van der Waals surface area (Å²) in [6.45, 7) is 2.81. The van der Waals surface area contributed by atoms with Crippen LogP contribution in [0, 0.1) is 6.92 Å². The quantitative estimate of drug-likeness (QED) is 0.308. The van der Waals surface area contributed by atoms with Gasteiger partial charge in [-0.3, -0.25) is 14.6 Å². The smallest absolute Gasteiger partial charge is 0.276 e. The lowest BCUT2D eigenvalue weighted by molar-refractivity contribution is -0.123. The Morgan fingerprint density at radius 1 is 0.974 bits per heavy atom. The monoisotopic (exact) mass is 517 g/mol. The van der Waals surface area contributed by atoms with Gasteiger partial charge in [-0.15, -0.1) is 5.10 Å². The van der Waals surface area contributed by atoms with Gasteiger partial charge >= 0.3 is 0 Å². The molecule has 11 nitrogen and oxygen atoms in total. The predicted octanol–water partition coefficient (Wildman–Crippen LogP) is 2.85. The molecule has 0 unspecified atom stereocenters. The summed E-state index contributed by atoms with van der Waals surface area (Å²) in [6, 6.07) is 6.43. The summed E-state index contributed by atoms with van der Waals surface area (Å²) in [4.78, 5) is 34.4. The number of pyridine rings is 1. The molecule has 1 saturated heterocycles. The second-order valence-corrected chi connectivity index (χ2v) is 10.7. The summed E-state index contributed by atoms with van der Waals surface area (Å²) in [5.41, 5.74) is 3.37. The number of carbonyl (C=O) groups is 2. The van der Waals surface area contributed by atoms with Crippen molar-refractivity contribution in [2.24, 2.45) is 0 Å². The zero-order chi connectivity index (χ0) is 26.1. The van der Waals surface area contributed by atoms with Crippen LogP contribution < -0.4 is 26.6 Å². The van der Waals surface area contributed by atoms with Crippen molar-refractivity contribution in [1.29, 1.82) is 0 Å². The maximum Gasteiger partial charge on any atom is 0.276 e. The zero-order valence-corrected chi connectivity index (χ0v) is 21.7. The van der Waals surface area contributed by atoms with Crippen LogP contribution in [0.3, 0.4) is 0 Å². The number of carbonyl (C=O) groups excluding carboxylic acids is 2. The summed E-state index contributed by atoms with van der Waals surface area (Å²) in [5.74, 6) is 0.558. The number of aromatic nitrogens is 4. The zero-order valence-electron chi connectivity index (χ0n) is 21.7. The van der Waals surface area contributed by atoms with Crippen molar-refractivity contribution in [3.05, 3.63) is 42.0 Å². The molecule has 6 rings (SSSR count). The van der Waals surface area contributed by atoms with Gasteiger partial charge < -0.3 is 26.6 Å². The molecule has 0 aromatic carbocycles. The van der Waals surface area contributed by atoms with Gasteiger partial charge in [0.1, 0.15) is 5.82 Å². The SMILES string of the molecule is Cc1cc(NC(=O)c2cnc3c(NC4CC4)cc(NC4CCC(NC(=O)[C@@H]5CCCN5)CC4)nn23)ccn1. The van der Waals surface area contributed by atoms with Gasteiger partial charge in [-0.05, 0) is 77.0 Å². The Hall–Kier alpha value is -3.73. The lowest BCUT2D eigenvalue weighted by Crippen LogP contribution is -2.47. The normalized spacial score (nSPS) is 23.2. The summed E-state index contributed by atoms with van der Waals surface area (Å²) in [7, 11) is 0. The molecule has 5 N–H and O–H groups in total. The first-order chi connectivity index (χ1) is 18.5. The second kappa shape index (κ2) is 10.6. The number of nitrogens with one attached hydrogen (secondary N) is 5. The van der Waals surface area contributed by atoms with Gasteiger partial charge in [0, 0.05) is 41.8 Å². The number of aryl methyl sites for hydroxylation is 1. The lowest BCUT2D eigenvalue weighted by atomic mass is 9.91. The predicted molar refractivity (Wildman–Crippen MR) is 145 cm³/mol. The largest absolute Gasteiger partial charge is 0.379 e. The average molecular weight is 518 g/mol. The van der Waals surface area contributed by atoms with Crippen LogP contribution in [-0.4, -0.2) is 62.1 Å². The molecule has 1 atom stereocenters. The van der Waals surface area contributed by atoms with Crippen molar-refractivity contribution in [3.63, 3.8) is 0 Å². The highest BCUT2D eigenvalue weighted by Crippen LogP contribution is 2.30. The first kappa shape index (κ1) is 24.6. The Kier molecular flexibility index (Phi) is 6.84. The molecule has 2 amide bonds. The van der Waals surface area contributed by atoms with Gasteiger partial charge in [0.15, 0.2) is 11.3 Å². The minimum Gasteiger partial charge on any atom is -0.379 e. The van der Waals surface area contributed by atoms with Crippen LogP contribution in [0.15, 0.2) is 30.6 Å². The van der Waals surface area contributed by atoms with Gasteiger partial charge in [0.25, 0.3) is 5.91 Å².